The van der Waals surface area contributed by atoms with Crippen molar-refractivity contribution in [3.63, 3.8) is 0 Å². The number of nitrogens with one attached hydrogen (secondary N) is 2. The van der Waals surface area contributed by atoms with Crippen LogP contribution in [0.5, 0.6) is 0 Å². The van der Waals surface area contributed by atoms with Crippen LogP contribution < -0.4 is 10.6 Å². The molecule has 0 aromatic heterocycles. The molecule has 0 bridgehead atoms. The molecule has 1 amide bonds. The zero-order valence-corrected chi connectivity index (χ0v) is 10.5. The van der Waals surface area contributed by atoms with E-state index in [1.54, 1.807) is 7.05 Å². The van der Waals surface area contributed by atoms with Gasteiger partial charge in [-0.1, -0.05) is 6.92 Å². The van der Waals surface area contributed by atoms with Crippen LogP contribution in [0.1, 0.15) is 32.6 Å². The van der Waals surface area contributed by atoms with Gasteiger partial charge >= 0.3 is 0 Å². The Morgan fingerprint density at radius 1 is 1.47 bits per heavy atom. The van der Waals surface area contributed by atoms with Gasteiger partial charge in [-0.25, -0.2) is 0 Å². The van der Waals surface area contributed by atoms with Crippen molar-refractivity contribution in [3.8, 4) is 0 Å². The Morgan fingerprint density at radius 2 is 2.27 bits per heavy atom. The second kappa shape index (κ2) is 7.12. The Bertz CT molecular complexity index is 199. The molecule has 0 heterocycles. The van der Waals surface area contributed by atoms with E-state index in [9.17, 15) is 4.79 Å². The van der Waals surface area contributed by atoms with Crippen molar-refractivity contribution >= 4 is 17.7 Å². The summed E-state index contributed by atoms with van der Waals surface area (Å²) < 4.78 is 0. The largest absolute Gasteiger partial charge is 0.359 e. The molecule has 2 atom stereocenters. The van der Waals surface area contributed by atoms with Gasteiger partial charge < -0.3 is 10.6 Å². The molecule has 1 saturated carbocycles. The molecule has 88 valence electrons. The van der Waals surface area contributed by atoms with Crippen molar-refractivity contribution in [2.45, 2.75) is 43.9 Å². The predicted molar refractivity (Wildman–Crippen MR) is 66.2 cm³/mol. The topological polar surface area (TPSA) is 41.1 Å². The third-order valence-corrected chi connectivity index (χ3v) is 4.08. The average molecular weight is 230 g/mol. The standard InChI is InChI=1S/C11H22N2OS/c1-3-15-10-5-4-9(8-10)13-7-6-11(14)12-2/h9-10,13H,3-8H2,1-2H3,(H,12,14). The number of carbonyl (C=O) groups excluding carboxylic acids is 1. The Labute approximate surface area is 96.8 Å². The molecular weight excluding hydrogens is 208 g/mol. The summed E-state index contributed by atoms with van der Waals surface area (Å²) in [6.07, 6.45) is 4.46. The molecule has 1 fully saturated rings. The van der Waals surface area contributed by atoms with Gasteiger partial charge in [0.05, 0.1) is 0 Å². The molecule has 0 aromatic rings. The third kappa shape index (κ3) is 4.89. The van der Waals surface area contributed by atoms with Crippen LogP contribution >= 0.6 is 11.8 Å². The molecule has 1 aliphatic carbocycles. The minimum Gasteiger partial charge on any atom is -0.359 e. The lowest BCUT2D eigenvalue weighted by Gasteiger charge is -2.12. The number of rotatable bonds is 6. The average Bonchev–Trinajstić information content (AvgIpc) is 2.66. The molecule has 0 spiro atoms. The summed E-state index contributed by atoms with van der Waals surface area (Å²) >= 11 is 2.07. The van der Waals surface area contributed by atoms with Crippen LogP contribution in [0.3, 0.4) is 0 Å². The molecule has 0 aliphatic heterocycles. The van der Waals surface area contributed by atoms with Crippen LogP contribution in [0.15, 0.2) is 0 Å². The molecular formula is C11H22N2OS. The summed E-state index contributed by atoms with van der Waals surface area (Å²) in [6, 6.07) is 0.638. The summed E-state index contributed by atoms with van der Waals surface area (Å²) in [6.45, 7) is 3.03. The molecule has 2 N–H and O–H groups in total. The maximum Gasteiger partial charge on any atom is 0.221 e. The van der Waals surface area contributed by atoms with Crippen molar-refractivity contribution in [1.29, 1.82) is 0 Å². The van der Waals surface area contributed by atoms with Crippen LogP contribution in [0.25, 0.3) is 0 Å². The van der Waals surface area contributed by atoms with Crippen LogP contribution in [-0.2, 0) is 4.79 Å². The van der Waals surface area contributed by atoms with Crippen molar-refractivity contribution in [3.05, 3.63) is 0 Å². The number of amides is 1. The van der Waals surface area contributed by atoms with E-state index in [4.69, 9.17) is 0 Å². The van der Waals surface area contributed by atoms with Gasteiger partial charge in [0.1, 0.15) is 0 Å². The van der Waals surface area contributed by atoms with Gasteiger partial charge in [-0.05, 0) is 25.0 Å². The summed E-state index contributed by atoms with van der Waals surface area (Å²) in [7, 11) is 1.69. The van der Waals surface area contributed by atoms with Crippen LogP contribution in [0.4, 0.5) is 0 Å². The normalized spacial score (nSPS) is 25.5. The molecule has 1 rings (SSSR count). The molecule has 3 nitrogen and oxygen atoms in total. The smallest absolute Gasteiger partial charge is 0.221 e. The second-order valence-electron chi connectivity index (χ2n) is 3.96. The Balaban J connectivity index is 2.06. The van der Waals surface area contributed by atoms with E-state index in [0.717, 1.165) is 11.8 Å². The maximum atomic E-state index is 11.0. The van der Waals surface area contributed by atoms with Crippen LogP contribution in [-0.4, -0.2) is 36.5 Å². The molecule has 2 unspecified atom stereocenters. The SMILES string of the molecule is CCSC1CCC(NCCC(=O)NC)C1. The second-order valence-corrected chi connectivity index (χ2v) is 5.54. The number of carbonyl (C=O) groups is 1. The minimum atomic E-state index is 0.125. The number of hydrogen-bond acceptors (Lipinski definition) is 3. The van der Waals surface area contributed by atoms with E-state index in [1.165, 1.54) is 25.0 Å². The van der Waals surface area contributed by atoms with E-state index >= 15 is 0 Å². The fraction of sp³-hybridized carbons (Fsp3) is 0.909. The van der Waals surface area contributed by atoms with E-state index in [1.807, 2.05) is 0 Å². The van der Waals surface area contributed by atoms with Crippen LogP contribution in [0.2, 0.25) is 0 Å². The first-order valence-corrected chi connectivity index (χ1v) is 6.86. The van der Waals surface area contributed by atoms with E-state index in [-0.39, 0.29) is 5.91 Å². The lowest BCUT2D eigenvalue weighted by Crippen LogP contribution is -2.31. The highest BCUT2D eigenvalue weighted by Crippen LogP contribution is 2.29. The van der Waals surface area contributed by atoms with Crippen molar-refractivity contribution in [2.75, 3.05) is 19.3 Å². The first-order chi connectivity index (χ1) is 7.26. The zero-order valence-electron chi connectivity index (χ0n) is 9.71. The van der Waals surface area contributed by atoms with Gasteiger partial charge in [-0.2, -0.15) is 11.8 Å². The summed E-state index contributed by atoms with van der Waals surface area (Å²) in [4.78, 5) is 11.0. The maximum absolute atomic E-state index is 11.0. The molecule has 0 aromatic carbocycles. The third-order valence-electron chi connectivity index (χ3n) is 2.85. The summed E-state index contributed by atoms with van der Waals surface area (Å²) in [5, 5.41) is 6.94. The lowest BCUT2D eigenvalue weighted by molar-refractivity contribution is -0.120. The van der Waals surface area contributed by atoms with Gasteiger partial charge in [0, 0.05) is 31.3 Å². The Kier molecular flexibility index (Phi) is 6.10. The molecule has 4 heteroatoms. The summed E-state index contributed by atoms with van der Waals surface area (Å²) in [5.41, 5.74) is 0. The first kappa shape index (κ1) is 12.8. The molecule has 0 saturated heterocycles. The number of hydrogen-bond donors (Lipinski definition) is 2. The molecule has 1 aliphatic rings. The van der Waals surface area contributed by atoms with E-state index in [2.05, 4.69) is 29.3 Å². The van der Waals surface area contributed by atoms with Gasteiger partial charge in [0.2, 0.25) is 5.91 Å². The van der Waals surface area contributed by atoms with E-state index in [0.29, 0.717) is 12.5 Å². The molecule has 15 heavy (non-hydrogen) atoms. The quantitative estimate of drug-likeness (QED) is 0.724. The van der Waals surface area contributed by atoms with Crippen molar-refractivity contribution in [2.24, 2.45) is 0 Å². The highest BCUT2D eigenvalue weighted by atomic mass is 32.2. The van der Waals surface area contributed by atoms with Crippen LogP contribution in [0, 0.1) is 0 Å². The first-order valence-electron chi connectivity index (χ1n) is 5.81. The van der Waals surface area contributed by atoms with Gasteiger partial charge in [0.15, 0.2) is 0 Å². The highest BCUT2D eigenvalue weighted by molar-refractivity contribution is 7.99. The molecule has 0 radical (unpaired) electrons. The van der Waals surface area contributed by atoms with Crippen molar-refractivity contribution in [1.82, 2.24) is 10.6 Å². The van der Waals surface area contributed by atoms with Crippen molar-refractivity contribution < 1.29 is 4.79 Å². The Morgan fingerprint density at radius 3 is 2.93 bits per heavy atom. The Hall–Kier alpha value is -0.220. The highest BCUT2D eigenvalue weighted by Gasteiger charge is 2.23. The van der Waals surface area contributed by atoms with Gasteiger partial charge in [-0.3, -0.25) is 4.79 Å². The fourth-order valence-corrected chi connectivity index (χ4v) is 3.17. The van der Waals surface area contributed by atoms with Gasteiger partial charge in [0.25, 0.3) is 0 Å². The lowest BCUT2D eigenvalue weighted by atomic mass is 10.2. The zero-order chi connectivity index (χ0) is 11.1. The van der Waals surface area contributed by atoms with E-state index < -0.39 is 0 Å². The predicted octanol–water partition coefficient (Wildman–Crippen LogP) is 1.39. The fourth-order valence-electron chi connectivity index (χ4n) is 2.03. The summed E-state index contributed by atoms with van der Waals surface area (Å²) in [5.74, 6) is 1.34. The monoisotopic (exact) mass is 230 g/mol. The minimum absolute atomic E-state index is 0.125. The number of thioether (sulfide) groups is 1. The van der Waals surface area contributed by atoms with Gasteiger partial charge in [-0.15, -0.1) is 0 Å².